The number of rotatable bonds is 4. The molecule has 1 N–H and O–H groups in total. The second-order valence-electron chi connectivity index (χ2n) is 4.86. The maximum absolute atomic E-state index is 13.1. The lowest BCUT2D eigenvalue weighted by molar-refractivity contribution is 0.0957. The molecule has 1 amide bonds. The van der Waals surface area contributed by atoms with Crippen LogP contribution in [0.5, 0.6) is 0 Å². The van der Waals surface area contributed by atoms with Crippen LogP contribution >= 0.6 is 22.9 Å². The molecule has 1 fully saturated rings. The van der Waals surface area contributed by atoms with Gasteiger partial charge in [-0.2, -0.15) is 0 Å². The van der Waals surface area contributed by atoms with Gasteiger partial charge in [0.05, 0.1) is 10.3 Å². The van der Waals surface area contributed by atoms with E-state index in [4.69, 9.17) is 11.6 Å². The molecule has 19 heavy (non-hydrogen) atoms. The second kappa shape index (κ2) is 5.10. The minimum atomic E-state index is -0.282. The Hall–Kier alpha value is -1.13. The molecule has 2 nitrogen and oxygen atoms in total. The number of fused-ring (bicyclic) bond motifs is 1. The van der Waals surface area contributed by atoms with E-state index in [1.807, 2.05) is 0 Å². The molecule has 1 aliphatic rings. The lowest BCUT2D eigenvalue weighted by Gasteiger charge is -2.08. The standard InChI is InChI=1S/C14H13ClFNOS/c15-11(8-1-2-8)7-17-14(18)13-5-9-3-4-10(16)6-12(9)19-13/h3-6,8,11H,1-2,7H2,(H,17,18). The number of halogens is 2. The van der Waals surface area contributed by atoms with Crippen molar-refractivity contribution in [1.82, 2.24) is 5.32 Å². The molecule has 0 spiro atoms. The third-order valence-electron chi connectivity index (χ3n) is 3.30. The highest BCUT2D eigenvalue weighted by molar-refractivity contribution is 7.20. The van der Waals surface area contributed by atoms with Crippen molar-refractivity contribution in [2.45, 2.75) is 18.2 Å². The van der Waals surface area contributed by atoms with Crippen molar-refractivity contribution in [2.75, 3.05) is 6.54 Å². The minimum absolute atomic E-state index is 0.0239. The van der Waals surface area contributed by atoms with Crippen LogP contribution in [0.15, 0.2) is 24.3 Å². The van der Waals surface area contributed by atoms with Crippen molar-refractivity contribution in [3.05, 3.63) is 35.0 Å². The Morgan fingerprint density at radius 1 is 1.47 bits per heavy atom. The first-order valence-corrected chi connectivity index (χ1v) is 7.50. The van der Waals surface area contributed by atoms with E-state index in [1.54, 1.807) is 12.1 Å². The van der Waals surface area contributed by atoms with Crippen molar-refractivity contribution in [2.24, 2.45) is 5.92 Å². The average molecular weight is 298 g/mol. The number of carbonyl (C=O) groups excluding carboxylic acids is 1. The fraction of sp³-hybridized carbons (Fsp3) is 0.357. The van der Waals surface area contributed by atoms with E-state index < -0.39 is 0 Å². The molecule has 0 bridgehead atoms. The number of thiophene rings is 1. The second-order valence-corrected chi connectivity index (χ2v) is 6.50. The number of carbonyl (C=O) groups is 1. The SMILES string of the molecule is O=C(NCC(Cl)C1CC1)c1cc2ccc(F)cc2s1. The first-order chi connectivity index (χ1) is 9.13. The number of amides is 1. The highest BCUT2D eigenvalue weighted by Gasteiger charge is 2.29. The number of hydrogen-bond donors (Lipinski definition) is 1. The van der Waals surface area contributed by atoms with Crippen molar-refractivity contribution in [3.8, 4) is 0 Å². The topological polar surface area (TPSA) is 29.1 Å². The lowest BCUT2D eigenvalue weighted by atomic mass is 10.2. The van der Waals surface area contributed by atoms with Crippen LogP contribution in [0.1, 0.15) is 22.5 Å². The highest BCUT2D eigenvalue weighted by atomic mass is 35.5. The maximum Gasteiger partial charge on any atom is 0.261 e. The summed E-state index contributed by atoms with van der Waals surface area (Å²) in [6.07, 6.45) is 2.32. The van der Waals surface area contributed by atoms with Gasteiger partial charge in [0.25, 0.3) is 5.91 Å². The summed E-state index contributed by atoms with van der Waals surface area (Å²) in [4.78, 5) is 12.6. The van der Waals surface area contributed by atoms with E-state index in [0.717, 1.165) is 22.9 Å². The number of nitrogens with one attached hydrogen (secondary N) is 1. The summed E-state index contributed by atoms with van der Waals surface area (Å²) in [6, 6.07) is 6.32. The quantitative estimate of drug-likeness (QED) is 0.855. The van der Waals surface area contributed by atoms with E-state index in [9.17, 15) is 9.18 Å². The first-order valence-electron chi connectivity index (χ1n) is 6.25. The van der Waals surface area contributed by atoms with Crippen LogP contribution in [0.4, 0.5) is 4.39 Å². The predicted molar refractivity (Wildman–Crippen MR) is 76.5 cm³/mol. The van der Waals surface area contributed by atoms with Gasteiger partial charge in [0.2, 0.25) is 0 Å². The summed E-state index contributed by atoms with van der Waals surface area (Å²) in [5.41, 5.74) is 0. The van der Waals surface area contributed by atoms with Crippen LogP contribution in [0.25, 0.3) is 10.1 Å². The molecule has 1 saturated carbocycles. The van der Waals surface area contributed by atoms with Gasteiger partial charge >= 0.3 is 0 Å². The fourth-order valence-corrected chi connectivity index (χ4v) is 3.35. The van der Waals surface area contributed by atoms with Crippen LogP contribution in [0.3, 0.4) is 0 Å². The molecule has 100 valence electrons. The van der Waals surface area contributed by atoms with Crippen LogP contribution in [0.2, 0.25) is 0 Å². The van der Waals surface area contributed by atoms with Gasteiger partial charge in [0.15, 0.2) is 0 Å². The van der Waals surface area contributed by atoms with Crippen LogP contribution in [-0.4, -0.2) is 17.8 Å². The summed E-state index contributed by atoms with van der Waals surface area (Å²) >= 11 is 7.45. The number of alkyl halides is 1. The molecule has 1 aromatic carbocycles. The summed E-state index contributed by atoms with van der Waals surface area (Å²) in [5, 5.41) is 3.76. The predicted octanol–water partition coefficient (Wildman–Crippen LogP) is 3.79. The highest BCUT2D eigenvalue weighted by Crippen LogP contribution is 2.35. The van der Waals surface area contributed by atoms with Gasteiger partial charge in [-0.1, -0.05) is 6.07 Å². The van der Waals surface area contributed by atoms with Crippen LogP contribution in [0, 0.1) is 11.7 Å². The van der Waals surface area contributed by atoms with Crippen LogP contribution < -0.4 is 5.32 Å². The molecule has 2 aromatic rings. The van der Waals surface area contributed by atoms with Gasteiger partial charge in [0, 0.05) is 11.2 Å². The lowest BCUT2D eigenvalue weighted by Crippen LogP contribution is -2.30. The Kier molecular flexibility index (Phi) is 3.46. The zero-order valence-corrected chi connectivity index (χ0v) is 11.7. The number of benzene rings is 1. The maximum atomic E-state index is 13.1. The van der Waals surface area contributed by atoms with E-state index in [0.29, 0.717) is 17.3 Å². The molecule has 5 heteroatoms. The van der Waals surface area contributed by atoms with Gasteiger partial charge < -0.3 is 5.32 Å². The molecule has 1 aromatic heterocycles. The van der Waals surface area contributed by atoms with Crippen LogP contribution in [-0.2, 0) is 0 Å². The third-order valence-corrected chi connectivity index (χ3v) is 4.90. The Bertz CT molecular complexity index is 623. The van der Waals surface area contributed by atoms with E-state index in [1.165, 1.54) is 23.5 Å². The van der Waals surface area contributed by atoms with Crippen molar-refractivity contribution >= 4 is 38.9 Å². The number of hydrogen-bond acceptors (Lipinski definition) is 2. The molecule has 1 unspecified atom stereocenters. The minimum Gasteiger partial charge on any atom is -0.350 e. The first kappa shape index (κ1) is 12.9. The smallest absolute Gasteiger partial charge is 0.261 e. The molecular weight excluding hydrogens is 285 g/mol. The molecule has 0 aliphatic heterocycles. The Balaban J connectivity index is 1.70. The molecule has 1 aliphatic carbocycles. The summed E-state index contributed by atoms with van der Waals surface area (Å²) in [7, 11) is 0. The normalized spacial score (nSPS) is 16.5. The third kappa shape index (κ3) is 2.90. The monoisotopic (exact) mass is 297 g/mol. The van der Waals surface area contributed by atoms with Gasteiger partial charge in [-0.05, 0) is 42.3 Å². The Labute approximate surface area is 119 Å². The zero-order chi connectivity index (χ0) is 13.4. The molecular formula is C14H13ClFNOS. The van der Waals surface area contributed by atoms with Crippen molar-refractivity contribution < 1.29 is 9.18 Å². The van der Waals surface area contributed by atoms with Crippen molar-refractivity contribution in [3.63, 3.8) is 0 Å². The van der Waals surface area contributed by atoms with E-state index >= 15 is 0 Å². The van der Waals surface area contributed by atoms with Gasteiger partial charge in [0.1, 0.15) is 5.82 Å². The fourth-order valence-electron chi connectivity index (χ4n) is 2.02. The zero-order valence-electron chi connectivity index (χ0n) is 10.2. The molecule has 3 rings (SSSR count). The molecule has 1 atom stereocenters. The summed E-state index contributed by atoms with van der Waals surface area (Å²) in [6.45, 7) is 0.494. The summed E-state index contributed by atoms with van der Waals surface area (Å²) < 4.78 is 13.9. The van der Waals surface area contributed by atoms with Gasteiger partial charge in [-0.15, -0.1) is 22.9 Å². The molecule has 1 heterocycles. The van der Waals surface area contributed by atoms with Crippen molar-refractivity contribution in [1.29, 1.82) is 0 Å². The van der Waals surface area contributed by atoms with E-state index in [-0.39, 0.29) is 17.1 Å². The Morgan fingerprint density at radius 3 is 3.00 bits per heavy atom. The largest absolute Gasteiger partial charge is 0.350 e. The summed E-state index contributed by atoms with van der Waals surface area (Å²) in [5.74, 6) is 0.141. The molecule has 0 saturated heterocycles. The molecule has 0 radical (unpaired) electrons. The van der Waals surface area contributed by atoms with Gasteiger partial charge in [-0.25, -0.2) is 4.39 Å². The Morgan fingerprint density at radius 2 is 2.26 bits per heavy atom. The van der Waals surface area contributed by atoms with E-state index in [2.05, 4.69) is 5.32 Å². The average Bonchev–Trinajstić information content (AvgIpc) is 3.15. The van der Waals surface area contributed by atoms with Gasteiger partial charge in [-0.3, -0.25) is 4.79 Å².